The van der Waals surface area contributed by atoms with Crippen molar-refractivity contribution in [3.63, 3.8) is 0 Å². The maximum atomic E-state index is 3.70. The molecule has 0 saturated carbocycles. The Hall–Kier alpha value is -0.790. The van der Waals surface area contributed by atoms with Crippen molar-refractivity contribution < 1.29 is 0 Å². The van der Waals surface area contributed by atoms with E-state index in [2.05, 4.69) is 17.1 Å². The minimum Gasteiger partial charge on any atom is -0.284 e. The first kappa shape index (κ1) is 11.1. The van der Waals surface area contributed by atoms with Crippen LogP contribution in [0.5, 0.6) is 0 Å². The Kier molecular flexibility index (Phi) is 12.6. The van der Waals surface area contributed by atoms with Crippen LogP contribution in [0.25, 0.3) is 0 Å². The molecule has 0 radical (unpaired) electrons. The van der Waals surface area contributed by atoms with E-state index in [1.807, 2.05) is 27.7 Å². The number of hydrogen-bond donors (Lipinski definition) is 1. The number of hydrazone groups is 1. The van der Waals surface area contributed by atoms with E-state index in [0.717, 1.165) is 5.70 Å². The Morgan fingerprint density at radius 2 is 2.00 bits per heavy atom. The standard InChI is InChI=1S/C5H10N2.C2H6/c1-4-6-7-5(2)3;1-2/h4,7H,2H2,1,3H3;1-2H3/b6-4-;. The number of nitrogens with one attached hydrogen (secondary N) is 1. The zero-order chi connectivity index (χ0) is 7.70. The highest BCUT2D eigenvalue weighted by Gasteiger charge is 1.69. The molecule has 0 bridgehead atoms. The van der Waals surface area contributed by atoms with Crippen molar-refractivity contribution in [2.75, 3.05) is 0 Å². The second-order valence-corrected chi connectivity index (χ2v) is 1.28. The van der Waals surface area contributed by atoms with E-state index in [4.69, 9.17) is 0 Å². The van der Waals surface area contributed by atoms with E-state index in [9.17, 15) is 0 Å². The first-order chi connectivity index (χ1) is 4.27. The van der Waals surface area contributed by atoms with E-state index in [-0.39, 0.29) is 0 Å². The summed E-state index contributed by atoms with van der Waals surface area (Å²) in [5.41, 5.74) is 3.53. The number of nitrogens with zero attached hydrogens (tertiary/aromatic N) is 1. The Balaban J connectivity index is 0. The van der Waals surface area contributed by atoms with Gasteiger partial charge in [-0.15, -0.1) is 0 Å². The summed E-state index contributed by atoms with van der Waals surface area (Å²) in [4.78, 5) is 0. The molecule has 0 spiro atoms. The molecule has 2 nitrogen and oxygen atoms in total. The van der Waals surface area contributed by atoms with Crippen LogP contribution in [0.1, 0.15) is 27.7 Å². The second-order valence-electron chi connectivity index (χ2n) is 1.28. The average Bonchev–Trinajstić information content (AvgIpc) is 1.88. The molecule has 0 heterocycles. The summed E-state index contributed by atoms with van der Waals surface area (Å²) in [5, 5.41) is 3.70. The van der Waals surface area contributed by atoms with Crippen molar-refractivity contribution in [2.24, 2.45) is 5.10 Å². The van der Waals surface area contributed by atoms with Gasteiger partial charge in [-0.1, -0.05) is 20.4 Å². The van der Waals surface area contributed by atoms with E-state index in [1.54, 1.807) is 6.21 Å². The molecule has 2 heteroatoms. The van der Waals surface area contributed by atoms with Crippen LogP contribution < -0.4 is 5.43 Å². The third-order valence-electron chi connectivity index (χ3n) is 0.385. The molecule has 0 aliphatic rings. The highest BCUT2D eigenvalue weighted by molar-refractivity contribution is 5.52. The lowest BCUT2D eigenvalue weighted by atomic mass is 10.6. The highest BCUT2D eigenvalue weighted by atomic mass is 15.3. The van der Waals surface area contributed by atoms with Crippen molar-refractivity contribution in [1.29, 1.82) is 0 Å². The van der Waals surface area contributed by atoms with Crippen LogP contribution in [0.4, 0.5) is 0 Å². The van der Waals surface area contributed by atoms with Crippen LogP contribution in [-0.4, -0.2) is 6.21 Å². The van der Waals surface area contributed by atoms with Gasteiger partial charge in [-0.05, 0) is 13.8 Å². The lowest BCUT2D eigenvalue weighted by molar-refractivity contribution is 0.898. The lowest BCUT2D eigenvalue weighted by Crippen LogP contribution is -1.98. The minimum atomic E-state index is 0.859. The SMILES string of the molecule is C=C(C)N/N=C\C.CC. The Labute approximate surface area is 57.7 Å². The molecule has 0 aromatic rings. The largest absolute Gasteiger partial charge is 0.284 e. The van der Waals surface area contributed by atoms with Crippen molar-refractivity contribution in [1.82, 2.24) is 5.43 Å². The highest BCUT2D eigenvalue weighted by Crippen LogP contribution is 1.73. The number of rotatable bonds is 2. The van der Waals surface area contributed by atoms with Gasteiger partial charge in [-0.25, -0.2) is 0 Å². The van der Waals surface area contributed by atoms with E-state index >= 15 is 0 Å². The average molecular weight is 128 g/mol. The third-order valence-corrected chi connectivity index (χ3v) is 0.385. The van der Waals surface area contributed by atoms with Crippen LogP contribution in [0.3, 0.4) is 0 Å². The van der Waals surface area contributed by atoms with Gasteiger partial charge in [0.2, 0.25) is 0 Å². The summed E-state index contributed by atoms with van der Waals surface area (Å²) in [6, 6.07) is 0. The van der Waals surface area contributed by atoms with E-state index < -0.39 is 0 Å². The quantitative estimate of drug-likeness (QED) is 0.447. The van der Waals surface area contributed by atoms with Crippen molar-refractivity contribution in [2.45, 2.75) is 27.7 Å². The summed E-state index contributed by atoms with van der Waals surface area (Å²) in [6.45, 7) is 11.3. The molecular formula is C7H16N2. The molecule has 0 saturated heterocycles. The summed E-state index contributed by atoms with van der Waals surface area (Å²) < 4.78 is 0. The molecule has 0 aromatic carbocycles. The first-order valence-corrected chi connectivity index (χ1v) is 3.16. The van der Waals surface area contributed by atoms with Gasteiger partial charge in [0.15, 0.2) is 0 Å². The first-order valence-electron chi connectivity index (χ1n) is 3.16. The normalized spacial score (nSPS) is 8.00. The zero-order valence-electron chi connectivity index (χ0n) is 6.73. The van der Waals surface area contributed by atoms with Gasteiger partial charge in [0, 0.05) is 11.9 Å². The zero-order valence-corrected chi connectivity index (χ0v) is 6.73. The Morgan fingerprint density at radius 3 is 2.11 bits per heavy atom. The molecule has 9 heavy (non-hydrogen) atoms. The maximum Gasteiger partial charge on any atom is 0.0233 e. The minimum absolute atomic E-state index is 0.859. The van der Waals surface area contributed by atoms with Crippen molar-refractivity contribution >= 4 is 6.21 Å². The fraction of sp³-hybridized carbons (Fsp3) is 0.571. The van der Waals surface area contributed by atoms with Gasteiger partial charge in [0.25, 0.3) is 0 Å². The molecule has 0 atom stereocenters. The number of allylic oxidation sites excluding steroid dienone is 1. The monoisotopic (exact) mass is 128 g/mol. The molecule has 0 aliphatic heterocycles. The van der Waals surface area contributed by atoms with Gasteiger partial charge in [0.1, 0.15) is 0 Å². The molecule has 1 N–H and O–H groups in total. The number of hydrogen-bond acceptors (Lipinski definition) is 2. The Morgan fingerprint density at radius 1 is 1.56 bits per heavy atom. The van der Waals surface area contributed by atoms with Gasteiger partial charge < -0.3 is 0 Å². The van der Waals surface area contributed by atoms with Crippen LogP contribution in [0, 0.1) is 0 Å². The molecule has 0 aliphatic carbocycles. The summed E-state index contributed by atoms with van der Waals surface area (Å²) in [5.74, 6) is 0. The van der Waals surface area contributed by atoms with Crippen LogP contribution in [0.15, 0.2) is 17.4 Å². The molecule has 0 unspecified atom stereocenters. The smallest absolute Gasteiger partial charge is 0.0233 e. The summed E-state index contributed by atoms with van der Waals surface area (Å²) >= 11 is 0. The molecule has 0 aromatic heterocycles. The van der Waals surface area contributed by atoms with Gasteiger partial charge in [0.05, 0.1) is 0 Å². The van der Waals surface area contributed by atoms with Crippen LogP contribution >= 0.6 is 0 Å². The molecule has 54 valence electrons. The van der Waals surface area contributed by atoms with Crippen molar-refractivity contribution in [3.8, 4) is 0 Å². The Bertz CT molecular complexity index is 84.9. The van der Waals surface area contributed by atoms with Crippen LogP contribution in [0.2, 0.25) is 0 Å². The summed E-state index contributed by atoms with van der Waals surface area (Å²) in [6.07, 6.45) is 1.68. The second kappa shape index (κ2) is 10.2. The predicted octanol–water partition coefficient (Wildman–Crippen LogP) is 2.14. The van der Waals surface area contributed by atoms with Gasteiger partial charge >= 0.3 is 0 Å². The topological polar surface area (TPSA) is 24.4 Å². The van der Waals surface area contributed by atoms with Gasteiger partial charge in [-0.2, -0.15) is 5.10 Å². The fourth-order valence-corrected chi connectivity index (χ4v) is 0.175. The molecular weight excluding hydrogens is 112 g/mol. The predicted molar refractivity (Wildman–Crippen MR) is 43.5 cm³/mol. The molecule has 0 amide bonds. The third kappa shape index (κ3) is 19.0. The fourth-order valence-electron chi connectivity index (χ4n) is 0.175. The van der Waals surface area contributed by atoms with Crippen LogP contribution in [-0.2, 0) is 0 Å². The summed E-state index contributed by atoms with van der Waals surface area (Å²) in [7, 11) is 0. The lowest BCUT2D eigenvalue weighted by Gasteiger charge is -1.91. The van der Waals surface area contributed by atoms with Crippen molar-refractivity contribution in [3.05, 3.63) is 12.3 Å². The van der Waals surface area contributed by atoms with E-state index in [0.29, 0.717) is 0 Å². The van der Waals surface area contributed by atoms with Gasteiger partial charge in [-0.3, -0.25) is 5.43 Å². The molecule has 0 rings (SSSR count). The van der Waals surface area contributed by atoms with E-state index in [1.165, 1.54) is 0 Å². The molecule has 0 fully saturated rings. The maximum absolute atomic E-state index is 3.70.